The van der Waals surface area contributed by atoms with E-state index in [0.717, 1.165) is 112 Å². The molecule has 4 heterocycles. The molecule has 96 heavy (non-hydrogen) atoms. The van der Waals surface area contributed by atoms with Crippen molar-refractivity contribution in [3.05, 3.63) is 344 Å². The molecular weight excluding hydrogens is 1180 g/mol. The molecule has 2 aromatic heterocycles. The van der Waals surface area contributed by atoms with Crippen LogP contribution in [0, 0.1) is 0 Å². The van der Waals surface area contributed by atoms with Crippen LogP contribution in [0.5, 0.6) is 0 Å². The third kappa shape index (κ3) is 10.3. The van der Waals surface area contributed by atoms with E-state index in [1.807, 2.05) is 158 Å². The zero-order valence-corrected chi connectivity index (χ0v) is 51.9. The second kappa shape index (κ2) is 24.4. The van der Waals surface area contributed by atoms with Crippen molar-refractivity contribution in [3.63, 3.8) is 0 Å². The number of hydrogen-bond donors (Lipinski definition) is 0. The number of hydrogen-bond acceptors (Lipinski definition) is 9. The SMILES string of the molecule is O=C(OCc1ccccc1)c1ccc2c(c1)c1cc(C(=O)OCc3ccccc3)ccc1n2-c1ccc(-c2nc(-c3ccccc3)nc(-c3ccccc3)n2)cc1-c1cccc(-c2ccc3c4c2N(c2ccccc2)c2ccccc2B4c2ccccc2N3c2ccccc2)c1. The molecule has 10 nitrogen and oxygen atoms in total. The van der Waals surface area contributed by atoms with Crippen LogP contribution in [0.3, 0.4) is 0 Å². The molecule has 0 aliphatic carbocycles. The summed E-state index contributed by atoms with van der Waals surface area (Å²) in [7, 11) is 0. The second-order valence-corrected chi connectivity index (χ2v) is 24.1. The lowest BCUT2D eigenvalue weighted by molar-refractivity contribution is 0.0464. The molecule has 0 radical (unpaired) electrons. The number of fused-ring (bicyclic) bond motifs is 7. The molecule has 13 aromatic carbocycles. The Balaban J connectivity index is 0.893. The summed E-state index contributed by atoms with van der Waals surface area (Å²) < 4.78 is 14.1. The van der Waals surface area contributed by atoms with E-state index in [4.69, 9.17) is 24.4 Å². The van der Waals surface area contributed by atoms with E-state index < -0.39 is 11.9 Å². The number of para-hydroxylation sites is 4. The lowest BCUT2D eigenvalue weighted by Crippen LogP contribution is -2.61. The normalized spacial score (nSPS) is 12.1. The Bertz CT molecular complexity index is 5300. The molecule has 0 saturated carbocycles. The molecule has 0 amide bonds. The number of nitrogens with zero attached hydrogens (tertiary/aromatic N) is 6. The highest BCUT2D eigenvalue weighted by Crippen LogP contribution is 2.49. The van der Waals surface area contributed by atoms with Crippen LogP contribution in [0.4, 0.5) is 34.1 Å². The van der Waals surface area contributed by atoms with Crippen molar-refractivity contribution in [2.75, 3.05) is 9.80 Å². The summed E-state index contributed by atoms with van der Waals surface area (Å²) in [5.41, 5.74) is 21.5. The summed E-state index contributed by atoms with van der Waals surface area (Å²) in [5.74, 6) is 0.647. The van der Waals surface area contributed by atoms with Crippen LogP contribution >= 0.6 is 0 Å². The topological polar surface area (TPSA) is 103 Å². The minimum atomic E-state index is -0.470. The number of rotatable bonds is 14. The summed E-state index contributed by atoms with van der Waals surface area (Å²) >= 11 is 0. The third-order valence-corrected chi connectivity index (χ3v) is 18.3. The van der Waals surface area contributed by atoms with E-state index in [-0.39, 0.29) is 19.9 Å². The highest BCUT2D eigenvalue weighted by molar-refractivity contribution is 7.00. The molecule has 15 aromatic rings. The molecule has 0 spiro atoms. The van der Waals surface area contributed by atoms with E-state index >= 15 is 0 Å². The average Bonchev–Trinajstić information content (AvgIpc) is 0.794. The van der Waals surface area contributed by atoms with Gasteiger partial charge in [0.15, 0.2) is 17.5 Å². The van der Waals surface area contributed by atoms with Gasteiger partial charge in [0.1, 0.15) is 13.2 Å². The van der Waals surface area contributed by atoms with Crippen molar-refractivity contribution in [3.8, 4) is 62.1 Å². The summed E-state index contributed by atoms with van der Waals surface area (Å²) in [6, 6.07) is 110. The van der Waals surface area contributed by atoms with E-state index in [0.29, 0.717) is 28.6 Å². The maximum absolute atomic E-state index is 14.2. The highest BCUT2D eigenvalue weighted by Gasteiger charge is 2.44. The van der Waals surface area contributed by atoms with Gasteiger partial charge in [-0.25, -0.2) is 24.5 Å². The first-order valence-electron chi connectivity index (χ1n) is 32.1. The van der Waals surface area contributed by atoms with Crippen LogP contribution in [0.15, 0.2) is 322 Å². The molecule has 454 valence electrons. The zero-order valence-electron chi connectivity index (χ0n) is 51.9. The van der Waals surface area contributed by atoms with E-state index in [1.165, 1.54) is 16.4 Å². The fourth-order valence-electron chi connectivity index (χ4n) is 13.9. The van der Waals surface area contributed by atoms with Gasteiger partial charge in [0, 0.05) is 67.0 Å². The Kier molecular flexibility index (Phi) is 14.5. The van der Waals surface area contributed by atoms with Crippen molar-refractivity contribution in [1.82, 2.24) is 19.5 Å². The molecule has 0 unspecified atom stereocenters. The van der Waals surface area contributed by atoms with Gasteiger partial charge in [-0.3, -0.25) is 0 Å². The number of ether oxygens (including phenoxy) is 2. The number of anilines is 6. The standard InChI is InChI=1S/C85H57BN6O4/c93-84(95-54-56-24-7-1-8-25-56)63-43-47-74-69(52-63)70-53-64(85(94)96-55-57-26-9-2-10-27-57)44-48-75(70)92(74)73-46-42-62(83-88-81(58-28-11-3-12-29-58)87-82(89-83)59-30-13-4-14-31-59)51-68(73)61-33-23-32-60(50-61)67-45-49-78-79-80(67)91(66-36-17-6-18-37-66)77-41-22-20-39-72(77)86(79)71-38-19-21-40-76(71)90(78)65-34-15-5-16-35-65/h1-53H,54-55H2. The Labute approximate surface area is 555 Å². The van der Waals surface area contributed by atoms with Crippen molar-refractivity contribution in [1.29, 1.82) is 0 Å². The van der Waals surface area contributed by atoms with Gasteiger partial charge in [-0.2, -0.15) is 0 Å². The molecule has 2 aliphatic rings. The third-order valence-electron chi connectivity index (χ3n) is 18.3. The second-order valence-electron chi connectivity index (χ2n) is 24.1. The molecule has 17 rings (SSSR count). The van der Waals surface area contributed by atoms with Gasteiger partial charge in [0.2, 0.25) is 0 Å². The minimum Gasteiger partial charge on any atom is -0.457 e. The minimum absolute atomic E-state index is 0.0940. The predicted molar refractivity (Wildman–Crippen MR) is 386 cm³/mol. The first-order chi connectivity index (χ1) is 47.5. The van der Waals surface area contributed by atoms with Gasteiger partial charge < -0.3 is 23.8 Å². The van der Waals surface area contributed by atoms with Crippen molar-refractivity contribution in [2.45, 2.75) is 13.2 Å². The molecule has 2 aliphatic heterocycles. The van der Waals surface area contributed by atoms with Crippen LogP contribution in [-0.2, 0) is 22.7 Å². The number of aromatic nitrogens is 4. The summed E-state index contributed by atoms with van der Waals surface area (Å²) in [4.78, 5) is 48.8. The fourth-order valence-corrected chi connectivity index (χ4v) is 13.9. The number of benzene rings is 13. The number of carbonyl (C=O) groups is 2. The average molecular weight is 1240 g/mol. The van der Waals surface area contributed by atoms with Crippen LogP contribution < -0.4 is 26.2 Å². The van der Waals surface area contributed by atoms with Gasteiger partial charge in [-0.15, -0.1) is 0 Å². The maximum atomic E-state index is 14.2. The van der Waals surface area contributed by atoms with Crippen molar-refractivity contribution in [2.24, 2.45) is 0 Å². The lowest BCUT2D eigenvalue weighted by Gasteiger charge is -2.45. The highest BCUT2D eigenvalue weighted by atomic mass is 16.5. The monoisotopic (exact) mass is 1240 g/mol. The summed E-state index contributed by atoms with van der Waals surface area (Å²) in [6.45, 7) is 0.124. The molecule has 0 saturated heterocycles. The molecule has 0 N–H and O–H groups in total. The smallest absolute Gasteiger partial charge is 0.338 e. The van der Waals surface area contributed by atoms with Crippen LogP contribution in [0.2, 0.25) is 0 Å². The van der Waals surface area contributed by atoms with E-state index in [9.17, 15) is 9.59 Å². The first-order valence-corrected chi connectivity index (χ1v) is 32.1. The van der Waals surface area contributed by atoms with Gasteiger partial charge in [0.05, 0.1) is 33.5 Å². The van der Waals surface area contributed by atoms with Crippen molar-refractivity contribution >= 4 is 91.0 Å². The molecule has 0 fully saturated rings. The molecule has 11 heteroatoms. The van der Waals surface area contributed by atoms with Crippen LogP contribution in [-0.4, -0.2) is 38.2 Å². The van der Waals surface area contributed by atoms with Crippen molar-refractivity contribution < 1.29 is 19.1 Å². The Morgan fingerprint density at radius 3 is 1.29 bits per heavy atom. The Morgan fingerprint density at radius 2 is 0.760 bits per heavy atom. The largest absolute Gasteiger partial charge is 0.457 e. The van der Waals surface area contributed by atoms with Gasteiger partial charge >= 0.3 is 11.9 Å². The van der Waals surface area contributed by atoms with Gasteiger partial charge in [-0.1, -0.05) is 218 Å². The van der Waals surface area contributed by atoms with E-state index in [2.05, 4.69) is 178 Å². The van der Waals surface area contributed by atoms with Gasteiger partial charge in [-0.05, 0) is 142 Å². The molecule has 0 bridgehead atoms. The summed E-state index contributed by atoms with van der Waals surface area (Å²) in [6.07, 6.45) is 0. The van der Waals surface area contributed by atoms with Crippen LogP contribution in [0.25, 0.3) is 83.9 Å². The number of carbonyl (C=O) groups excluding carboxylic acids is 2. The number of esters is 2. The quantitative estimate of drug-likeness (QED) is 0.0778. The molecular formula is C85H57BN6O4. The Morgan fingerprint density at radius 1 is 0.333 bits per heavy atom. The fraction of sp³-hybridized carbons (Fsp3) is 0.0235. The summed E-state index contributed by atoms with van der Waals surface area (Å²) in [5, 5.41) is 1.49. The van der Waals surface area contributed by atoms with Crippen LogP contribution in [0.1, 0.15) is 31.8 Å². The Hall–Kier alpha value is -12.7. The zero-order chi connectivity index (χ0) is 64.1. The lowest BCUT2D eigenvalue weighted by atomic mass is 9.33. The van der Waals surface area contributed by atoms with Gasteiger partial charge in [0.25, 0.3) is 6.71 Å². The predicted octanol–water partition coefficient (Wildman–Crippen LogP) is 18.1. The maximum Gasteiger partial charge on any atom is 0.338 e. The first kappa shape index (κ1) is 57.2. The molecule has 0 atom stereocenters. The van der Waals surface area contributed by atoms with E-state index in [1.54, 1.807) is 0 Å².